The highest BCUT2D eigenvalue weighted by atomic mass is 35.6. The average molecular weight is 436 g/mol. The van der Waals surface area contributed by atoms with Gasteiger partial charge in [0, 0.05) is 24.6 Å². The molecule has 1 fully saturated rings. The van der Waals surface area contributed by atoms with Gasteiger partial charge >= 0.3 is 0 Å². The van der Waals surface area contributed by atoms with Crippen LogP contribution in [-0.4, -0.2) is 39.5 Å². The van der Waals surface area contributed by atoms with E-state index in [1.807, 2.05) is 12.1 Å². The summed E-state index contributed by atoms with van der Waals surface area (Å²) in [6, 6.07) is 7.24. The number of nitrogens with one attached hydrogen (secondary N) is 1. The van der Waals surface area contributed by atoms with Crippen LogP contribution in [-0.2, 0) is 9.59 Å². The Balaban J connectivity index is 1.69. The smallest absolute Gasteiger partial charge is 0.278 e. The fourth-order valence-electron chi connectivity index (χ4n) is 2.50. The second kappa shape index (κ2) is 7.56. The summed E-state index contributed by atoms with van der Waals surface area (Å²) in [5.74, 6) is -0.231. The number of rotatable bonds is 4. The highest BCUT2D eigenvalue weighted by Crippen LogP contribution is 2.35. The molecule has 0 radical (unpaired) electrons. The Hall–Kier alpha value is -1.61. The zero-order valence-corrected chi connectivity index (χ0v) is 16.5. The molecule has 2 amide bonds. The second-order valence-corrected chi connectivity index (χ2v) is 8.79. The summed E-state index contributed by atoms with van der Waals surface area (Å²) in [5, 5.41) is 11.2. The molecule has 26 heavy (non-hydrogen) atoms. The lowest BCUT2D eigenvalue weighted by Crippen LogP contribution is -2.26. The van der Waals surface area contributed by atoms with Crippen LogP contribution in [0.3, 0.4) is 0 Å². The van der Waals surface area contributed by atoms with E-state index in [1.165, 1.54) is 0 Å². The lowest BCUT2D eigenvalue weighted by Gasteiger charge is -2.16. The van der Waals surface area contributed by atoms with Crippen molar-refractivity contribution in [3.05, 3.63) is 29.3 Å². The van der Waals surface area contributed by atoms with Gasteiger partial charge in [-0.3, -0.25) is 14.9 Å². The van der Waals surface area contributed by atoms with Gasteiger partial charge in [0.05, 0.1) is 7.11 Å². The van der Waals surface area contributed by atoms with Gasteiger partial charge in [0.2, 0.25) is 11.0 Å². The quantitative estimate of drug-likeness (QED) is 0.744. The average Bonchev–Trinajstić information content (AvgIpc) is 3.21. The Labute approximate surface area is 168 Å². The molecule has 1 N–H and O–H groups in total. The van der Waals surface area contributed by atoms with E-state index in [0.717, 1.165) is 22.8 Å². The van der Waals surface area contributed by atoms with Gasteiger partial charge in [0.15, 0.2) is 0 Å². The third kappa shape index (κ3) is 4.20. The van der Waals surface area contributed by atoms with E-state index >= 15 is 0 Å². The van der Waals surface area contributed by atoms with Crippen molar-refractivity contribution >= 4 is 68.8 Å². The molecule has 0 spiro atoms. The fourth-order valence-corrected chi connectivity index (χ4v) is 3.47. The Morgan fingerprint density at radius 3 is 2.62 bits per heavy atom. The minimum atomic E-state index is -2.08. The molecule has 0 bridgehead atoms. The first kappa shape index (κ1) is 19.2. The van der Waals surface area contributed by atoms with Crippen molar-refractivity contribution in [1.29, 1.82) is 0 Å². The van der Waals surface area contributed by atoms with Crippen molar-refractivity contribution in [3.8, 4) is 5.75 Å². The largest absolute Gasteiger partial charge is 0.497 e. The molecular formula is C15H13Cl3N4O3S. The number of amides is 2. The summed E-state index contributed by atoms with van der Waals surface area (Å²) in [5.41, 5.74) is 0.785. The zero-order chi connectivity index (χ0) is 18.9. The summed E-state index contributed by atoms with van der Waals surface area (Å²) in [6.45, 7) is 0.470. The SMILES string of the molecule is COc1ccc(N2CC(c3nnc(NC(=O)C(Cl)(Cl)Cl)s3)CC2=O)cc1. The predicted molar refractivity (Wildman–Crippen MR) is 102 cm³/mol. The van der Waals surface area contributed by atoms with E-state index in [1.54, 1.807) is 24.1 Å². The molecule has 1 atom stereocenters. The highest BCUT2D eigenvalue weighted by Gasteiger charge is 2.35. The lowest BCUT2D eigenvalue weighted by atomic mass is 10.1. The maximum Gasteiger partial charge on any atom is 0.278 e. The second-order valence-electron chi connectivity index (χ2n) is 5.50. The number of alkyl halides is 3. The molecular weight excluding hydrogens is 423 g/mol. The van der Waals surface area contributed by atoms with Crippen molar-refractivity contribution < 1.29 is 14.3 Å². The molecule has 1 aromatic carbocycles. The number of aromatic nitrogens is 2. The van der Waals surface area contributed by atoms with Crippen molar-refractivity contribution in [1.82, 2.24) is 10.2 Å². The number of ether oxygens (including phenoxy) is 1. The number of carbonyl (C=O) groups excluding carboxylic acids is 2. The fraction of sp³-hybridized carbons (Fsp3) is 0.333. The van der Waals surface area contributed by atoms with Gasteiger partial charge in [-0.05, 0) is 24.3 Å². The van der Waals surface area contributed by atoms with Crippen LogP contribution in [0.5, 0.6) is 5.75 Å². The standard InChI is InChI=1S/C15H13Cl3N4O3S/c1-25-10-4-2-9(3-5-10)22-7-8(6-11(22)23)12-20-21-14(26-12)19-13(24)15(16,17)18/h2-5,8H,6-7H2,1H3,(H,19,21,24). The van der Waals surface area contributed by atoms with Crippen molar-refractivity contribution in [2.24, 2.45) is 0 Å². The molecule has 0 saturated carbocycles. The van der Waals surface area contributed by atoms with Crippen LogP contribution in [0, 0.1) is 0 Å². The maximum absolute atomic E-state index is 12.4. The molecule has 1 aliphatic heterocycles. The number of carbonyl (C=O) groups is 2. The summed E-state index contributed by atoms with van der Waals surface area (Å²) in [6.07, 6.45) is 0.305. The van der Waals surface area contributed by atoms with E-state index in [-0.39, 0.29) is 17.0 Å². The molecule has 1 unspecified atom stereocenters. The number of methoxy groups -OCH3 is 1. The third-order valence-electron chi connectivity index (χ3n) is 3.78. The molecule has 138 valence electrons. The monoisotopic (exact) mass is 434 g/mol. The van der Waals surface area contributed by atoms with Crippen molar-refractivity contribution in [3.63, 3.8) is 0 Å². The van der Waals surface area contributed by atoms with Gasteiger partial charge in [0.25, 0.3) is 9.70 Å². The van der Waals surface area contributed by atoms with E-state index in [0.29, 0.717) is 18.0 Å². The van der Waals surface area contributed by atoms with Crippen LogP contribution in [0.25, 0.3) is 0 Å². The summed E-state index contributed by atoms with van der Waals surface area (Å²) in [7, 11) is 1.58. The lowest BCUT2D eigenvalue weighted by molar-refractivity contribution is -0.117. The van der Waals surface area contributed by atoms with E-state index < -0.39 is 9.70 Å². The molecule has 1 aliphatic rings. The maximum atomic E-state index is 12.4. The number of nitrogens with zero attached hydrogens (tertiary/aromatic N) is 3. The number of hydrogen-bond donors (Lipinski definition) is 1. The van der Waals surface area contributed by atoms with Crippen LogP contribution in [0.4, 0.5) is 10.8 Å². The third-order valence-corrected chi connectivity index (χ3v) is 5.29. The molecule has 1 aromatic heterocycles. The van der Waals surface area contributed by atoms with Gasteiger partial charge in [-0.15, -0.1) is 10.2 Å². The van der Waals surface area contributed by atoms with Crippen LogP contribution in [0.15, 0.2) is 24.3 Å². The van der Waals surface area contributed by atoms with Gasteiger partial charge in [0.1, 0.15) is 10.8 Å². The summed E-state index contributed by atoms with van der Waals surface area (Å²) >= 11 is 17.7. The van der Waals surface area contributed by atoms with E-state index in [2.05, 4.69) is 15.5 Å². The molecule has 3 rings (SSSR count). The Bertz CT molecular complexity index is 822. The van der Waals surface area contributed by atoms with Gasteiger partial charge < -0.3 is 9.64 Å². The minimum absolute atomic E-state index is 0.0118. The Kier molecular flexibility index (Phi) is 5.57. The molecule has 1 saturated heterocycles. The van der Waals surface area contributed by atoms with Crippen LogP contribution in [0.2, 0.25) is 0 Å². The topological polar surface area (TPSA) is 84.4 Å². The normalized spacial score (nSPS) is 17.5. The first-order valence-electron chi connectivity index (χ1n) is 7.44. The zero-order valence-electron chi connectivity index (χ0n) is 13.4. The first-order chi connectivity index (χ1) is 12.3. The molecule has 2 aromatic rings. The van der Waals surface area contributed by atoms with Gasteiger partial charge in [-0.2, -0.15) is 0 Å². The minimum Gasteiger partial charge on any atom is -0.497 e. The first-order valence-corrected chi connectivity index (χ1v) is 9.39. The van der Waals surface area contributed by atoms with E-state index in [9.17, 15) is 9.59 Å². The Morgan fingerprint density at radius 2 is 2.00 bits per heavy atom. The molecule has 7 nitrogen and oxygen atoms in total. The summed E-state index contributed by atoms with van der Waals surface area (Å²) in [4.78, 5) is 25.7. The highest BCUT2D eigenvalue weighted by molar-refractivity contribution is 7.15. The molecule has 2 heterocycles. The predicted octanol–water partition coefficient (Wildman–Crippen LogP) is 3.38. The number of benzene rings is 1. The number of halogens is 3. The number of anilines is 2. The Morgan fingerprint density at radius 1 is 1.31 bits per heavy atom. The van der Waals surface area contributed by atoms with Crippen LogP contribution in [0.1, 0.15) is 17.3 Å². The van der Waals surface area contributed by atoms with Crippen molar-refractivity contribution in [2.45, 2.75) is 16.1 Å². The number of hydrogen-bond acceptors (Lipinski definition) is 6. The van der Waals surface area contributed by atoms with Crippen molar-refractivity contribution in [2.75, 3.05) is 23.9 Å². The van der Waals surface area contributed by atoms with E-state index in [4.69, 9.17) is 39.5 Å². The van der Waals surface area contributed by atoms with Crippen LogP contribution >= 0.6 is 46.1 Å². The molecule has 0 aliphatic carbocycles. The van der Waals surface area contributed by atoms with Gasteiger partial charge in [-0.1, -0.05) is 46.1 Å². The van der Waals surface area contributed by atoms with Crippen LogP contribution < -0.4 is 15.0 Å². The summed E-state index contributed by atoms with van der Waals surface area (Å²) < 4.78 is 3.04. The van der Waals surface area contributed by atoms with Gasteiger partial charge in [-0.25, -0.2) is 0 Å². The molecule has 11 heteroatoms.